The van der Waals surface area contributed by atoms with E-state index in [1.807, 2.05) is 19.1 Å². The Morgan fingerprint density at radius 3 is 2.32 bits per heavy atom. The largest absolute Gasteiger partial charge is 0.374 e. The third-order valence-electron chi connectivity index (χ3n) is 2.72. The number of rotatable bonds is 3. The van der Waals surface area contributed by atoms with E-state index < -0.39 is 0 Å². The van der Waals surface area contributed by atoms with Gasteiger partial charge in [-0.2, -0.15) is 0 Å². The highest BCUT2D eigenvalue weighted by Gasteiger charge is 2.16. The van der Waals surface area contributed by atoms with Crippen molar-refractivity contribution in [1.29, 1.82) is 0 Å². The van der Waals surface area contributed by atoms with Gasteiger partial charge in [0, 0.05) is 9.35 Å². The number of nitrogens with zero attached hydrogens (tertiary/aromatic N) is 1. The van der Waals surface area contributed by atoms with Crippen molar-refractivity contribution in [3.05, 3.63) is 42.2 Å². The first-order valence-corrected chi connectivity index (χ1v) is 8.10. The van der Waals surface area contributed by atoms with E-state index >= 15 is 0 Å². The Morgan fingerprint density at radius 1 is 1.26 bits per heavy atom. The predicted octanol–water partition coefficient (Wildman–Crippen LogP) is 6.00. The molecule has 0 fully saturated rings. The molecule has 1 unspecified atom stereocenters. The summed E-state index contributed by atoms with van der Waals surface area (Å²) in [6, 6.07) is 3.70. The van der Waals surface area contributed by atoms with Crippen molar-refractivity contribution in [2.45, 2.75) is 26.8 Å². The molecule has 1 heterocycles. The lowest BCUT2D eigenvalue weighted by atomic mass is 10.2. The first-order valence-electron chi connectivity index (χ1n) is 5.73. The molecule has 2 nitrogen and oxygen atoms in total. The fourth-order valence-electron chi connectivity index (χ4n) is 1.91. The minimum Gasteiger partial charge on any atom is -0.374 e. The van der Waals surface area contributed by atoms with Crippen molar-refractivity contribution in [2.75, 3.05) is 5.32 Å². The van der Waals surface area contributed by atoms with Gasteiger partial charge in [0.1, 0.15) is 0 Å². The highest BCUT2D eigenvalue weighted by molar-refractivity contribution is 9.10. The molecule has 2 rings (SSSR count). The minimum atomic E-state index is 0.0566. The standard InChI is InChI=1S/C13H13BrCl2N2S/c1-6(12-7(2)19-8(3)18-12)17-13-10(15)4-9(14)5-11(13)16/h4-6,17H,1-3H3. The monoisotopic (exact) mass is 378 g/mol. The molecule has 19 heavy (non-hydrogen) atoms. The van der Waals surface area contributed by atoms with Crippen LogP contribution in [0.2, 0.25) is 10.0 Å². The Morgan fingerprint density at radius 2 is 1.84 bits per heavy atom. The molecule has 0 saturated carbocycles. The van der Waals surface area contributed by atoms with E-state index in [0.717, 1.165) is 20.9 Å². The molecule has 0 saturated heterocycles. The fraction of sp³-hybridized carbons (Fsp3) is 0.308. The molecule has 102 valence electrons. The summed E-state index contributed by atoms with van der Waals surface area (Å²) in [5, 5.41) is 5.59. The van der Waals surface area contributed by atoms with Gasteiger partial charge in [0.05, 0.1) is 32.5 Å². The van der Waals surface area contributed by atoms with E-state index in [4.69, 9.17) is 23.2 Å². The molecule has 1 aromatic heterocycles. The first-order chi connectivity index (χ1) is 8.88. The van der Waals surface area contributed by atoms with Crippen LogP contribution in [0.25, 0.3) is 0 Å². The number of hydrogen-bond donors (Lipinski definition) is 1. The first kappa shape index (κ1) is 15.1. The lowest BCUT2D eigenvalue weighted by Gasteiger charge is -2.17. The highest BCUT2D eigenvalue weighted by atomic mass is 79.9. The van der Waals surface area contributed by atoms with Gasteiger partial charge in [-0.15, -0.1) is 11.3 Å². The number of anilines is 1. The third-order valence-corrected chi connectivity index (χ3v) is 4.67. The molecule has 0 aliphatic heterocycles. The molecule has 0 aliphatic carbocycles. The van der Waals surface area contributed by atoms with Gasteiger partial charge in [-0.25, -0.2) is 4.98 Å². The van der Waals surface area contributed by atoms with Gasteiger partial charge in [-0.3, -0.25) is 0 Å². The van der Waals surface area contributed by atoms with E-state index in [2.05, 4.69) is 40.1 Å². The van der Waals surface area contributed by atoms with Gasteiger partial charge in [0.15, 0.2) is 0 Å². The van der Waals surface area contributed by atoms with Crippen LogP contribution in [0, 0.1) is 13.8 Å². The number of halogens is 3. The van der Waals surface area contributed by atoms with E-state index in [0.29, 0.717) is 10.0 Å². The molecule has 1 N–H and O–H groups in total. The van der Waals surface area contributed by atoms with Crippen LogP contribution in [0.4, 0.5) is 5.69 Å². The Bertz CT molecular complexity index is 590. The molecule has 6 heteroatoms. The second-order valence-corrected chi connectivity index (χ2v) is 7.42. The van der Waals surface area contributed by atoms with Crippen LogP contribution in [0.3, 0.4) is 0 Å². The molecule has 1 aromatic carbocycles. The Labute approximate surface area is 135 Å². The maximum absolute atomic E-state index is 6.22. The smallest absolute Gasteiger partial charge is 0.0901 e. The van der Waals surface area contributed by atoms with Crippen molar-refractivity contribution in [3.8, 4) is 0 Å². The normalized spacial score (nSPS) is 12.5. The van der Waals surface area contributed by atoms with Gasteiger partial charge < -0.3 is 5.32 Å². The summed E-state index contributed by atoms with van der Waals surface area (Å²) in [5.41, 5.74) is 1.78. The average Bonchev–Trinajstić information content (AvgIpc) is 2.62. The predicted molar refractivity (Wildman–Crippen MR) is 87.8 cm³/mol. The number of nitrogens with one attached hydrogen (secondary N) is 1. The zero-order valence-corrected chi connectivity index (χ0v) is 14.6. The fourth-order valence-corrected chi connectivity index (χ4v) is 4.14. The van der Waals surface area contributed by atoms with Gasteiger partial charge in [-0.1, -0.05) is 39.1 Å². The van der Waals surface area contributed by atoms with Crippen molar-refractivity contribution < 1.29 is 0 Å². The van der Waals surface area contributed by atoms with Crippen LogP contribution in [-0.4, -0.2) is 4.98 Å². The van der Waals surface area contributed by atoms with Crippen LogP contribution in [0.5, 0.6) is 0 Å². The van der Waals surface area contributed by atoms with Crippen LogP contribution >= 0.6 is 50.5 Å². The van der Waals surface area contributed by atoms with Gasteiger partial charge >= 0.3 is 0 Å². The summed E-state index contributed by atoms with van der Waals surface area (Å²) in [6.07, 6.45) is 0. The summed E-state index contributed by atoms with van der Waals surface area (Å²) < 4.78 is 0.862. The van der Waals surface area contributed by atoms with Gasteiger partial charge in [-0.05, 0) is 32.9 Å². The molecule has 0 aliphatic rings. The Balaban J connectivity index is 2.29. The maximum atomic E-state index is 6.22. The summed E-state index contributed by atoms with van der Waals surface area (Å²) in [6.45, 7) is 6.13. The molecular weight excluding hydrogens is 367 g/mol. The summed E-state index contributed by atoms with van der Waals surface area (Å²) >= 11 is 17.5. The van der Waals surface area contributed by atoms with Gasteiger partial charge in [0.25, 0.3) is 0 Å². The van der Waals surface area contributed by atoms with Crippen molar-refractivity contribution in [3.63, 3.8) is 0 Å². The van der Waals surface area contributed by atoms with Gasteiger partial charge in [0.2, 0.25) is 0 Å². The van der Waals surface area contributed by atoms with Crippen LogP contribution in [0.15, 0.2) is 16.6 Å². The molecule has 0 amide bonds. The van der Waals surface area contributed by atoms with E-state index in [1.54, 1.807) is 11.3 Å². The zero-order chi connectivity index (χ0) is 14.2. The van der Waals surface area contributed by atoms with E-state index in [1.165, 1.54) is 4.88 Å². The van der Waals surface area contributed by atoms with Crippen molar-refractivity contribution in [1.82, 2.24) is 4.98 Å². The van der Waals surface area contributed by atoms with E-state index in [-0.39, 0.29) is 6.04 Å². The zero-order valence-electron chi connectivity index (χ0n) is 10.7. The summed E-state index contributed by atoms with van der Waals surface area (Å²) in [7, 11) is 0. The number of aryl methyl sites for hydroxylation is 2. The molecule has 1 atom stereocenters. The number of hydrogen-bond acceptors (Lipinski definition) is 3. The Hall–Kier alpha value is -0.290. The second kappa shape index (κ2) is 6.00. The lowest BCUT2D eigenvalue weighted by molar-refractivity contribution is 0.837. The molecular formula is C13H13BrCl2N2S. The molecule has 0 spiro atoms. The SMILES string of the molecule is Cc1nc(C(C)Nc2c(Cl)cc(Br)cc2Cl)c(C)s1. The van der Waals surface area contributed by atoms with Crippen LogP contribution < -0.4 is 5.32 Å². The average molecular weight is 380 g/mol. The Kier molecular flexibility index (Phi) is 4.77. The summed E-state index contributed by atoms with van der Waals surface area (Å²) in [4.78, 5) is 5.75. The van der Waals surface area contributed by atoms with Crippen LogP contribution in [-0.2, 0) is 0 Å². The number of benzene rings is 1. The molecule has 0 bridgehead atoms. The topological polar surface area (TPSA) is 24.9 Å². The summed E-state index contributed by atoms with van der Waals surface area (Å²) in [5.74, 6) is 0. The van der Waals surface area contributed by atoms with Crippen LogP contribution in [0.1, 0.15) is 28.5 Å². The minimum absolute atomic E-state index is 0.0566. The quantitative estimate of drug-likeness (QED) is 0.706. The second-order valence-electron chi connectivity index (χ2n) is 4.28. The number of thiazole rings is 1. The van der Waals surface area contributed by atoms with Crippen molar-refractivity contribution in [2.24, 2.45) is 0 Å². The number of aromatic nitrogens is 1. The van der Waals surface area contributed by atoms with Crippen molar-refractivity contribution >= 4 is 56.2 Å². The third kappa shape index (κ3) is 3.43. The highest BCUT2D eigenvalue weighted by Crippen LogP contribution is 2.36. The maximum Gasteiger partial charge on any atom is 0.0901 e. The molecule has 2 aromatic rings. The van der Waals surface area contributed by atoms with E-state index in [9.17, 15) is 0 Å². The molecule has 0 radical (unpaired) electrons. The lowest BCUT2D eigenvalue weighted by Crippen LogP contribution is -2.09.